The highest BCUT2D eigenvalue weighted by Crippen LogP contribution is 2.13. The van der Waals surface area contributed by atoms with Crippen LogP contribution >= 0.6 is 0 Å². The average Bonchev–Trinajstić information content (AvgIpc) is 1.96. The van der Waals surface area contributed by atoms with Crippen molar-refractivity contribution in [3.63, 3.8) is 0 Å². The SMILES string of the molecule is [3H]C(=NC(C)(C)C)/C([3H])=C(/[3H])C(C)(C)C. The van der Waals surface area contributed by atoms with Gasteiger partial charge in [-0.25, -0.2) is 0 Å². The van der Waals surface area contributed by atoms with Gasteiger partial charge in [0.05, 0.1) is 9.65 Å². The van der Waals surface area contributed by atoms with Gasteiger partial charge in [-0.15, -0.1) is 0 Å². The molecular weight excluding hydrogens is 146 g/mol. The van der Waals surface area contributed by atoms with Crippen LogP contribution in [0.2, 0.25) is 0 Å². The van der Waals surface area contributed by atoms with Gasteiger partial charge in [0.25, 0.3) is 0 Å². The molecule has 0 aromatic heterocycles. The predicted molar refractivity (Wildman–Crippen MR) is 56.8 cm³/mol. The van der Waals surface area contributed by atoms with Crippen LogP contribution in [-0.2, 0) is 0 Å². The average molecular weight is 173 g/mol. The Morgan fingerprint density at radius 1 is 1.08 bits per heavy atom. The van der Waals surface area contributed by atoms with Gasteiger partial charge in [0.2, 0.25) is 0 Å². The van der Waals surface area contributed by atoms with E-state index in [4.69, 9.17) is 4.11 Å². The predicted octanol–water partition coefficient (Wildman–Crippen LogP) is 3.46. The lowest BCUT2D eigenvalue weighted by molar-refractivity contribution is 0.544. The first-order valence-electron chi connectivity index (χ1n) is 5.70. The maximum Gasteiger partial charge on any atom is 0.0835 e. The molecule has 1 heteroatoms. The first-order chi connectivity index (χ1) is 6.45. The molecule has 70 valence electrons. The van der Waals surface area contributed by atoms with Crippen molar-refractivity contribution in [2.75, 3.05) is 0 Å². The molecule has 0 saturated carbocycles. The number of aliphatic imine (C=N–C) groups is 1. The van der Waals surface area contributed by atoms with Crippen molar-refractivity contribution in [2.45, 2.75) is 47.1 Å². The fourth-order valence-corrected chi connectivity index (χ4v) is 0.411. The van der Waals surface area contributed by atoms with E-state index in [1.807, 2.05) is 41.5 Å². The first kappa shape index (κ1) is 6.88. The summed E-state index contributed by atoms with van der Waals surface area (Å²) < 4.78 is 23.1. The van der Waals surface area contributed by atoms with Crippen LogP contribution < -0.4 is 0 Å². The standard InChI is InChI=1S/C11H21N/c1-10(2,3)8-7-9-12-11(4,5)6/h7-9H,1-6H3/b8-7-,12-9?/i7T,8T,9T. The second kappa shape index (κ2) is 3.88. The lowest BCUT2D eigenvalue weighted by Crippen LogP contribution is -2.09. The van der Waals surface area contributed by atoms with Crippen LogP contribution in [0.5, 0.6) is 0 Å². The summed E-state index contributed by atoms with van der Waals surface area (Å²) in [5, 5.41) is 0. The summed E-state index contributed by atoms with van der Waals surface area (Å²) in [6.45, 7) is 11.2. The topological polar surface area (TPSA) is 12.4 Å². The van der Waals surface area contributed by atoms with Crippen LogP contribution in [0.25, 0.3) is 0 Å². The minimum Gasteiger partial charge on any atom is -0.287 e. The van der Waals surface area contributed by atoms with Gasteiger partial charge in [-0.2, -0.15) is 0 Å². The molecule has 1 nitrogen and oxygen atoms in total. The molecule has 0 aliphatic rings. The van der Waals surface area contributed by atoms with E-state index in [1.54, 1.807) is 0 Å². The zero-order chi connectivity index (χ0) is 12.4. The molecule has 0 saturated heterocycles. The van der Waals surface area contributed by atoms with Gasteiger partial charge in [0.1, 0.15) is 0 Å². The largest absolute Gasteiger partial charge is 0.287 e. The molecule has 0 aliphatic heterocycles. The highest BCUT2D eigenvalue weighted by molar-refractivity contribution is 5.71. The Balaban J connectivity index is 5.19. The van der Waals surface area contributed by atoms with E-state index in [-0.39, 0.29) is 23.8 Å². The lowest BCUT2D eigenvalue weighted by atomic mass is 9.96. The van der Waals surface area contributed by atoms with Crippen LogP contribution in [0, 0.1) is 5.41 Å². The zero-order valence-electron chi connectivity index (χ0n) is 11.9. The van der Waals surface area contributed by atoms with E-state index >= 15 is 0 Å². The van der Waals surface area contributed by atoms with Gasteiger partial charge in [-0.05, 0) is 32.2 Å². The molecule has 0 bridgehead atoms. The van der Waals surface area contributed by atoms with Crippen LogP contribution in [-0.4, -0.2) is 11.7 Å². The Labute approximate surface area is 80.8 Å². The number of rotatable bonds is 1. The molecule has 0 rings (SSSR count). The molecule has 0 amide bonds. The third kappa shape index (κ3) is 9.41. The number of hydrogen-bond donors (Lipinski definition) is 0. The molecule has 0 radical (unpaired) electrons. The van der Waals surface area contributed by atoms with Crippen molar-refractivity contribution in [3.05, 3.63) is 12.1 Å². The molecular formula is C11H21N. The maximum absolute atomic E-state index is 7.76. The second-order valence-corrected chi connectivity index (χ2v) is 4.89. The summed E-state index contributed by atoms with van der Waals surface area (Å²) in [6.07, 6.45) is -0.109. The van der Waals surface area contributed by atoms with E-state index in [0.717, 1.165) is 0 Å². The minimum atomic E-state index is -0.406. The molecule has 0 fully saturated rings. The first-order valence-corrected chi connectivity index (χ1v) is 4.20. The maximum atomic E-state index is 7.76. The monoisotopic (exact) mass is 173 g/mol. The van der Waals surface area contributed by atoms with E-state index in [0.29, 0.717) is 0 Å². The second-order valence-electron chi connectivity index (χ2n) is 4.89. The van der Waals surface area contributed by atoms with Crippen molar-refractivity contribution >= 4 is 6.19 Å². The van der Waals surface area contributed by atoms with E-state index in [9.17, 15) is 0 Å². The third-order valence-corrected chi connectivity index (χ3v) is 0.885. The normalized spacial score (nSPS) is 20.8. The highest BCUT2D eigenvalue weighted by atomic mass is 14.8. The van der Waals surface area contributed by atoms with E-state index in [2.05, 4.69) is 4.99 Å². The zero-order valence-corrected chi connectivity index (χ0v) is 8.95. The summed E-state index contributed by atoms with van der Waals surface area (Å²) in [6, 6.07) is 0.0675. The van der Waals surface area contributed by atoms with Gasteiger partial charge in [-0.1, -0.05) is 26.8 Å². The Morgan fingerprint density at radius 3 is 1.92 bits per heavy atom. The summed E-state index contributed by atoms with van der Waals surface area (Å²) in [5.74, 6) is 0. The van der Waals surface area contributed by atoms with Crippen molar-refractivity contribution in [2.24, 2.45) is 10.4 Å². The van der Waals surface area contributed by atoms with Crippen LogP contribution in [0.1, 0.15) is 45.7 Å². The van der Waals surface area contributed by atoms with Crippen LogP contribution in [0.3, 0.4) is 0 Å². The van der Waals surface area contributed by atoms with Gasteiger partial charge in [0, 0.05) is 6.19 Å². The molecule has 0 aromatic rings. The molecule has 0 heterocycles. The fourth-order valence-electron chi connectivity index (χ4n) is 0.411. The van der Waals surface area contributed by atoms with Crippen molar-refractivity contribution in [1.82, 2.24) is 0 Å². The minimum absolute atomic E-state index is 0.0857. The Morgan fingerprint density at radius 2 is 1.58 bits per heavy atom. The number of allylic oxidation sites excluding steroid dienone is 2. The Hall–Kier alpha value is -0.590. The molecule has 0 atom stereocenters. The van der Waals surface area contributed by atoms with E-state index in [1.165, 1.54) is 0 Å². The quantitative estimate of drug-likeness (QED) is 0.538. The van der Waals surface area contributed by atoms with E-state index < -0.39 is 5.41 Å². The fraction of sp³-hybridized carbons (Fsp3) is 0.727. The summed E-state index contributed by atoms with van der Waals surface area (Å²) in [7, 11) is 0. The molecule has 0 aromatic carbocycles. The van der Waals surface area contributed by atoms with Gasteiger partial charge >= 0.3 is 0 Å². The lowest BCUT2D eigenvalue weighted by Gasteiger charge is -2.11. The molecule has 0 aliphatic carbocycles. The number of hydrogen-bond acceptors (Lipinski definition) is 1. The van der Waals surface area contributed by atoms with Gasteiger partial charge in [-0.3, -0.25) is 4.99 Å². The smallest absolute Gasteiger partial charge is 0.0835 e. The van der Waals surface area contributed by atoms with Crippen molar-refractivity contribution < 1.29 is 4.11 Å². The molecule has 12 heavy (non-hydrogen) atoms. The molecule has 0 unspecified atom stereocenters. The highest BCUT2D eigenvalue weighted by Gasteiger charge is 2.04. The van der Waals surface area contributed by atoms with Gasteiger partial charge < -0.3 is 0 Å². The Kier molecular flexibility index (Phi) is 2.22. The number of nitrogens with zero attached hydrogens (tertiary/aromatic N) is 1. The van der Waals surface area contributed by atoms with Crippen LogP contribution in [0.4, 0.5) is 0 Å². The summed E-state index contributed by atoms with van der Waals surface area (Å²) in [4.78, 5) is 4.06. The van der Waals surface area contributed by atoms with Crippen molar-refractivity contribution in [3.8, 4) is 0 Å². The molecule has 0 N–H and O–H groups in total. The summed E-state index contributed by atoms with van der Waals surface area (Å²) in [5.41, 5.74) is -0.779. The third-order valence-electron chi connectivity index (χ3n) is 0.885. The van der Waals surface area contributed by atoms with Crippen molar-refractivity contribution in [1.29, 1.82) is 0 Å². The molecule has 0 spiro atoms. The van der Waals surface area contributed by atoms with Gasteiger partial charge in [0.15, 0.2) is 0 Å². The van der Waals surface area contributed by atoms with Crippen LogP contribution in [0.15, 0.2) is 17.1 Å². The Bertz CT molecular complexity index is 290. The summed E-state index contributed by atoms with van der Waals surface area (Å²) >= 11 is 0.